The highest BCUT2D eigenvalue weighted by molar-refractivity contribution is 7.99. The van der Waals surface area contributed by atoms with Crippen molar-refractivity contribution in [3.8, 4) is 11.5 Å². The predicted molar refractivity (Wildman–Crippen MR) is 144 cm³/mol. The number of carbonyl (C=O) groups is 2. The first-order valence-electron chi connectivity index (χ1n) is 12.4. The summed E-state index contributed by atoms with van der Waals surface area (Å²) in [5, 5.41) is 9.16. The molecule has 36 heavy (non-hydrogen) atoms. The minimum absolute atomic E-state index is 0.00289. The lowest BCUT2D eigenvalue weighted by Crippen LogP contribution is -2.38. The second kappa shape index (κ2) is 12.8. The van der Waals surface area contributed by atoms with Gasteiger partial charge in [0.15, 0.2) is 11.5 Å². The molecule has 1 N–H and O–H groups in total. The zero-order valence-corrected chi connectivity index (χ0v) is 21.8. The van der Waals surface area contributed by atoms with Crippen LogP contribution in [0.4, 0.5) is 5.69 Å². The smallest absolute Gasteiger partial charge is 0.243 e. The van der Waals surface area contributed by atoms with Crippen molar-refractivity contribution in [3.05, 3.63) is 53.6 Å². The number of ether oxygens (including phenoxy) is 2. The Balaban J connectivity index is 1.39. The molecular formula is C27H34N4O4S. The van der Waals surface area contributed by atoms with E-state index < -0.39 is 0 Å². The van der Waals surface area contributed by atoms with Crippen LogP contribution in [-0.2, 0) is 16.1 Å². The molecule has 2 aliphatic heterocycles. The van der Waals surface area contributed by atoms with Gasteiger partial charge in [-0.2, -0.15) is 16.9 Å². The summed E-state index contributed by atoms with van der Waals surface area (Å²) in [5.74, 6) is 3.50. The van der Waals surface area contributed by atoms with Crippen LogP contribution in [0.1, 0.15) is 37.3 Å². The van der Waals surface area contributed by atoms with Crippen molar-refractivity contribution in [1.29, 1.82) is 0 Å². The van der Waals surface area contributed by atoms with Gasteiger partial charge in [-0.25, -0.2) is 5.01 Å². The lowest BCUT2D eigenvalue weighted by atomic mass is 10.0. The van der Waals surface area contributed by atoms with Gasteiger partial charge in [0.1, 0.15) is 0 Å². The van der Waals surface area contributed by atoms with Gasteiger partial charge in [0, 0.05) is 48.7 Å². The zero-order valence-electron chi connectivity index (χ0n) is 21.0. The average Bonchev–Trinajstić information content (AvgIpc) is 2.90. The van der Waals surface area contributed by atoms with Gasteiger partial charge in [-0.15, -0.1) is 0 Å². The highest BCUT2D eigenvalue weighted by Crippen LogP contribution is 2.30. The second-order valence-electron chi connectivity index (χ2n) is 8.85. The fraction of sp³-hybridized carbons (Fsp3) is 0.444. The maximum absolute atomic E-state index is 12.6. The van der Waals surface area contributed by atoms with Crippen molar-refractivity contribution in [2.45, 2.75) is 32.7 Å². The van der Waals surface area contributed by atoms with Gasteiger partial charge in [-0.1, -0.05) is 19.1 Å². The predicted octanol–water partition coefficient (Wildman–Crippen LogP) is 4.00. The maximum Gasteiger partial charge on any atom is 0.243 e. The normalized spacial score (nSPS) is 16.4. The molecule has 0 aliphatic carbocycles. The Morgan fingerprint density at radius 3 is 2.58 bits per heavy atom. The van der Waals surface area contributed by atoms with Crippen LogP contribution < -0.4 is 14.8 Å². The van der Waals surface area contributed by atoms with Crippen LogP contribution in [0.3, 0.4) is 0 Å². The first-order chi connectivity index (χ1) is 17.6. The number of hydrogen-bond acceptors (Lipinski definition) is 7. The molecule has 0 bridgehead atoms. The van der Waals surface area contributed by atoms with Gasteiger partial charge in [-0.05, 0) is 42.3 Å². The number of amides is 2. The summed E-state index contributed by atoms with van der Waals surface area (Å²) in [7, 11) is 1.62. The molecule has 0 radical (unpaired) electrons. The topological polar surface area (TPSA) is 83.5 Å². The molecule has 0 saturated carbocycles. The average molecular weight is 511 g/mol. The summed E-state index contributed by atoms with van der Waals surface area (Å²) in [5.41, 5.74) is 3.46. The van der Waals surface area contributed by atoms with Gasteiger partial charge in [0.05, 0.1) is 32.5 Å². The van der Waals surface area contributed by atoms with Crippen molar-refractivity contribution in [2.24, 2.45) is 5.10 Å². The third kappa shape index (κ3) is 7.01. The third-order valence-corrected chi connectivity index (χ3v) is 7.05. The van der Waals surface area contributed by atoms with Crippen LogP contribution in [-0.4, -0.2) is 72.3 Å². The number of anilines is 1. The van der Waals surface area contributed by atoms with E-state index in [4.69, 9.17) is 9.47 Å². The molecule has 8 nitrogen and oxygen atoms in total. The van der Waals surface area contributed by atoms with Crippen LogP contribution in [0.25, 0.3) is 0 Å². The van der Waals surface area contributed by atoms with Crippen LogP contribution in [0, 0.1) is 0 Å². The van der Waals surface area contributed by atoms with E-state index in [9.17, 15) is 9.59 Å². The fourth-order valence-electron chi connectivity index (χ4n) is 4.14. The number of carbonyl (C=O) groups excluding carboxylic acids is 2. The molecule has 0 unspecified atom stereocenters. The minimum Gasteiger partial charge on any atom is -0.493 e. The van der Waals surface area contributed by atoms with Gasteiger partial charge >= 0.3 is 0 Å². The zero-order chi connectivity index (χ0) is 25.3. The van der Waals surface area contributed by atoms with E-state index in [1.165, 1.54) is 5.01 Å². The van der Waals surface area contributed by atoms with Crippen LogP contribution >= 0.6 is 11.8 Å². The van der Waals surface area contributed by atoms with Crippen molar-refractivity contribution >= 4 is 35.0 Å². The number of hydrazone groups is 1. The van der Waals surface area contributed by atoms with Crippen molar-refractivity contribution in [3.63, 3.8) is 0 Å². The number of thioether (sulfide) groups is 1. The largest absolute Gasteiger partial charge is 0.493 e. The molecule has 192 valence electrons. The summed E-state index contributed by atoms with van der Waals surface area (Å²) in [6.07, 6.45) is 1.88. The molecule has 4 rings (SSSR count). The summed E-state index contributed by atoms with van der Waals surface area (Å²) in [6.45, 7) is 5.35. The molecule has 2 heterocycles. The quantitative estimate of drug-likeness (QED) is 0.520. The lowest BCUT2D eigenvalue weighted by molar-refractivity contribution is -0.132. The summed E-state index contributed by atoms with van der Waals surface area (Å²) < 4.78 is 11.3. The maximum atomic E-state index is 12.6. The molecule has 2 aromatic carbocycles. The van der Waals surface area contributed by atoms with Crippen molar-refractivity contribution < 1.29 is 19.1 Å². The molecular weight excluding hydrogens is 476 g/mol. The van der Waals surface area contributed by atoms with E-state index in [1.54, 1.807) is 7.11 Å². The Kier molecular flexibility index (Phi) is 9.24. The minimum atomic E-state index is -0.00760. The molecule has 9 heteroatoms. The number of hydrogen-bond donors (Lipinski definition) is 1. The van der Waals surface area contributed by atoms with E-state index in [0.717, 1.165) is 53.5 Å². The molecule has 2 amide bonds. The van der Waals surface area contributed by atoms with Gasteiger partial charge in [0.2, 0.25) is 11.8 Å². The number of benzene rings is 2. The molecule has 1 fully saturated rings. The molecule has 2 aliphatic rings. The van der Waals surface area contributed by atoms with E-state index in [-0.39, 0.29) is 11.8 Å². The van der Waals surface area contributed by atoms with E-state index in [2.05, 4.69) is 22.2 Å². The Morgan fingerprint density at radius 1 is 1.08 bits per heavy atom. The van der Waals surface area contributed by atoms with E-state index >= 15 is 0 Å². The third-order valence-electron chi connectivity index (χ3n) is 6.10. The summed E-state index contributed by atoms with van der Waals surface area (Å²) in [4.78, 5) is 27.1. The Labute approximate surface area is 217 Å². The van der Waals surface area contributed by atoms with Crippen molar-refractivity contribution in [2.75, 3.05) is 50.2 Å². The highest BCUT2D eigenvalue weighted by atomic mass is 32.2. The molecule has 1 saturated heterocycles. The van der Waals surface area contributed by atoms with Gasteiger partial charge in [-0.3, -0.25) is 14.5 Å². The molecule has 0 aromatic heterocycles. The summed E-state index contributed by atoms with van der Waals surface area (Å²) in [6, 6.07) is 13.4. The fourth-order valence-corrected chi connectivity index (χ4v) is 5.12. The Hall–Kier alpha value is -3.04. The first-order valence-corrected chi connectivity index (χ1v) is 13.6. The molecule has 0 spiro atoms. The van der Waals surface area contributed by atoms with Gasteiger partial charge < -0.3 is 14.8 Å². The lowest BCUT2D eigenvalue weighted by Gasteiger charge is -2.25. The SMILES string of the molecule is CCCOc1cc(C2=NN(Cc3ccc(NC(=O)CN4CCSCC4)cc3)C(=O)CC2)ccc1OC. The van der Waals surface area contributed by atoms with Crippen LogP contribution in [0.5, 0.6) is 11.5 Å². The van der Waals surface area contributed by atoms with Gasteiger partial charge in [0.25, 0.3) is 0 Å². The monoisotopic (exact) mass is 510 g/mol. The van der Waals surface area contributed by atoms with E-state index in [0.29, 0.717) is 44.0 Å². The highest BCUT2D eigenvalue weighted by Gasteiger charge is 2.22. The van der Waals surface area contributed by atoms with Crippen LogP contribution in [0.2, 0.25) is 0 Å². The van der Waals surface area contributed by atoms with Crippen LogP contribution in [0.15, 0.2) is 47.6 Å². The van der Waals surface area contributed by atoms with E-state index in [1.807, 2.05) is 54.2 Å². The number of nitrogens with zero attached hydrogens (tertiary/aromatic N) is 3. The second-order valence-corrected chi connectivity index (χ2v) is 10.1. The first kappa shape index (κ1) is 26.0. The standard InChI is InChI=1S/C27H34N4O4S/c1-3-14-35-25-17-21(6-10-24(25)34-2)23-9-11-27(33)31(29-23)18-20-4-7-22(8-5-20)28-26(32)19-30-12-15-36-16-13-30/h4-8,10,17H,3,9,11-16,18-19H2,1-2H3,(H,28,32). The number of nitrogens with one attached hydrogen (secondary N) is 1. The Morgan fingerprint density at radius 2 is 1.86 bits per heavy atom. The number of methoxy groups -OCH3 is 1. The van der Waals surface area contributed by atoms with Crippen molar-refractivity contribution in [1.82, 2.24) is 9.91 Å². The Bertz CT molecular complexity index is 1080. The summed E-state index contributed by atoms with van der Waals surface area (Å²) >= 11 is 1.93. The molecule has 2 aromatic rings. The molecule has 0 atom stereocenters. The number of rotatable bonds is 10.